The first-order chi connectivity index (χ1) is 17.5. The maximum Gasteiger partial charge on any atom is 0.275 e. The summed E-state index contributed by atoms with van der Waals surface area (Å²) in [6.07, 6.45) is 3.14. The van der Waals surface area contributed by atoms with Crippen molar-refractivity contribution >= 4 is 34.0 Å². The van der Waals surface area contributed by atoms with Crippen LogP contribution in [0.1, 0.15) is 21.7 Å². The molecule has 2 heterocycles. The number of hydrogen-bond donors (Lipinski definition) is 3. The number of azo groups is 1. The fourth-order valence-corrected chi connectivity index (χ4v) is 3.58. The molecule has 36 heavy (non-hydrogen) atoms. The normalized spacial score (nSPS) is 11.3. The van der Waals surface area contributed by atoms with E-state index in [9.17, 15) is 15.0 Å². The Balaban J connectivity index is 1.55. The van der Waals surface area contributed by atoms with E-state index in [1.165, 1.54) is 4.68 Å². The van der Waals surface area contributed by atoms with Gasteiger partial charge >= 0.3 is 0 Å². The van der Waals surface area contributed by atoms with Crippen molar-refractivity contribution in [2.24, 2.45) is 10.2 Å². The summed E-state index contributed by atoms with van der Waals surface area (Å²) >= 11 is 0. The topological polar surface area (TPSA) is 151 Å². The van der Waals surface area contributed by atoms with Gasteiger partial charge in [-0.15, -0.1) is 15.3 Å². The molecule has 11 heteroatoms. The van der Waals surface area contributed by atoms with E-state index < -0.39 is 5.91 Å². The van der Waals surface area contributed by atoms with Gasteiger partial charge in [0.05, 0.1) is 12.2 Å². The van der Waals surface area contributed by atoms with E-state index in [-0.39, 0.29) is 35.5 Å². The quantitative estimate of drug-likeness (QED) is 0.305. The molecule has 0 fully saturated rings. The summed E-state index contributed by atoms with van der Waals surface area (Å²) in [4.78, 5) is 25.7. The SMILES string of the molecule is Cc1nc(/N=N/c2c(O)c(C(=O)Nc3ccc(CO)cc3)cc3ccccc23)n(-c2ncccn2)n1. The molecule has 0 aliphatic heterocycles. The molecule has 0 saturated carbocycles. The Morgan fingerprint density at radius 2 is 1.78 bits per heavy atom. The van der Waals surface area contributed by atoms with Crippen molar-refractivity contribution in [2.75, 3.05) is 5.32 Å². The number of benzene rings is 3. The summed E-state index contributed by atoms with van der Waals surface area (Å²) in [5, 5.41) is 37.1. The average Bonchev–Trinajstić information content (AvgIpc) is 3.29. The van der Waals surface area contributed by atoms with Crippen molar-refractivity contribution in [3.63, 3.8) is 0 Å². The first kappa shape index (κ1) is 22.7. The Bertz CT molecular complexity index is 1580. The molecule has 0 radical (unpaired) electrons. The van der Waals surface area contributed by atoms with Crippen LogP contribution in [0.15, 0.2) is 83.3 Å². The fourth-order valence-electron chi connectivity index (χ4n) is 3.58. The van der Waals surface area contributed by atoms with Crippen LogP contribution in [0.5, 0.6) is 5.75 Å². The number of aryl methyl sites for hydroxylation is 1. The van der Waals surface area contributed by atoms with Crippen molar-refractivity contribution in [2.45, 2.75) is 13.5 Å². The smallest absolute Gasteiger partial charge is 0.275 e. The van der Waals surface area contributed by atoms with E-state index in [0.717, 1.165) is 0 Å². The van der Waals surface area contributed by atoms with Gasteiger partial charge in [-0.2, -0.15) is 9.67 Å². The summed E-state index contributed by atoms with van der Waals surface area (Å²) in [7, 11) is 0. The molecule has 2 aromatic heterocycles. The third-order valence-electron chi connectivity index (χ3n) is 5.31. The van der Waals surface area contributed by atoms with Gasteiger partial charge in [0.1, 0.15) is 5.69 Å². The number of carbonyl (C=O) groups is 1. The molecule has 5 aromatic rings. The van der Waals surface area contributed by atoms with Crippen molar-refractivity contribution in [3.8, 4) is 11.7 Å². The van der Waals surface area contributed by atoms with Crippen LogP contribution in [0.25, 0.3) is 16.7 Å². The van der Waals surface area contributed by atoms with Crippen LogP contribution in [0.2, 0.25) is 0 Å². The predicted octanol–water partition coefficient (Wildman–Crippen LogP) is 4.38. The Kier molecular flexibility index (Phi) is 6.12. The molecule has 0 atom stereocenters. The lowest BCUT2D eigenvalue weighted by Crippen LogP contribution is -2.12. The molecule has 11 nitrogen and oxygen atoms in total. The highest BCUT2D eigenvalue weighted by Gasteiger charge is 2.19. The van der Waals surface area contributed by atoms with E-state index >= 15 is 0 Å². The zero-order chi connectivity index (χ0) is 25.1. The number of nitrogens with zero attached hydrogens (tertiary/aromatic N) is 7. The Morgan fingerprint density at radius 3 is 2.53 bits per heavy atom. The number of hydrogen-bond acceptors (Lipinski definition) is 9. The molecule has 178 valence electrons. The van der Waals surface area contributed by atoms with Gasteiger partial charge in [-0.3, -0.25) is 4.79 Å². The summed E-state index contributed by atoms with van der Waals surface area (Å²) in [5.74, 6) is -0.0443. The molecule has 0 saturated heterocycles. The highest BCUT2D eigenvalue weighted by atomic mass is 16.3. The number of anilines is 1. The third kappa shape index (κ3) is 4.50. The number of amides is 1. The van der Waals surface area contributed by atoms with Gasteiger partial charge in [0.15, 0.2) is 11.6 Å². The van der Waals surface area contributed by atoms with Crippen LogP contribution in [0, 0.1) is 6.92 Å². The minimum atomic E-state index is -0.525. The maximum absolute atomic E-state index is 13.1. The summed E-state index contributed by atoms with van der Waals surface area (Å²) < 4.78 is 1.34. The number of aliphatic hydroxyl groups excluding tert-OH is 1. The van der Waals surface area contributed by atoms with E-state index in [0.29, 0.717) is 27.8 Å². The van der Waals surface area contributed by atoms with E-state index in [1.54, 1.807) is 67.8 Å². The molecule has 0 spiro atoms. The van der Waals surface area contributed by atoms with Crippen LogP contribution in [-0.2, 0) is 6.61 Å². The number of fused-ring (bicyclic) bond motifs is 1. The van der Waals surface area contributed by atoms with Gasteiger partial charge in [0.25, 0.3) is 17.8 Å². The van der Waals surface area contributed by atoms with Crippen LogP contribution in [-0.4, -0.2) is 40.9 Å². The van der Waals surface area contributed by atoms with Crippen LogP contribution in [0.3, 0.4) is 0 Å². The number of nitrogens with one attached hydrogen (secondary N) is 1. The minimum absolute atomic E-state index is 0.0259. The highest BCUT2D eigenvalue weighted by molar-refractivity contribution is 6.11. The molecular weight excluding hydrogens is 460 g/mol. The van der Waals surface area contributed by atoms with Crippen LogP contribution >= 0.6 is 0 Å². The van der Waals surface area contributed by atoms with Crippen molar-refractivity contribution < 1.29 is 15.0 Å². The van der Waals surface area contributed by atoms with Gasteiger partial charge < -0.3 is 15.5 Å². The number of aliphatic hydroxyl groups is 1. The highest BCUT2D eigenvalue weighted by Crippen LogP contribution is 2.39. The molecule has 3 N–H and O–H groups in total. The van der Waals surface area contributed by atoms with Gasteiger partial charge in [0, 0.05) is 23.5 Å². The molecule has 5 rings (SSSR count). The monoisotopic (exact) mass is 480 g/mol. The number of rotatable bonds is 6. The fraction of sp³-hybridized carbons (Fsp3) is 0.0800. The molecular formula is C25H20N8O3. The van der Waals surface area contributed by atoms with Gasteiger partial charge in [-0.05, 0) is 42.1 Å². The Morgan fingerprint density at radius 1 is 1.03 bits per heavy atom. The first-order valence-corrected chi connectivity index (χ1v) is 10.9. The lowest BCUT2D eigenvalue weighted by Gasteiger charge is -2.11. The lowest BCUT2D eigenvalue weighted by atomic mass is 10.0. The first-order valence-electron chi connectivity index (χ1n) is 10.9. The van der Waals surface area contributed by atoms with Gasteiger partial charge in [-0.25, -0.2) is 9.97 Å². The van der Waals surface area contributed by atoms with E-state index in [2.05, 4.69) is 35.6 Å². The number of phenols is 1. The number of aromatic nitrogens is 5. The summed E-state index contributed by atoms with van der Waals surface area (Å²) in [5.41, 5.74) is 1.36. The number of carbonyl (C=O) groups excluding carboxylic acids is 1. The Labute approximate surface area is 204 Å². The zero-order valence-corrected chi connectivity index (χ0v) is 19.1. The van der Waals surface area contributed by atoms with Crippen molar-refractivity contribution in [1.82, 2.24) is 24.7 Å². The number of phenolic OH excluding ortho intramolecular Hbond substituents is 1. The molecule has 0 aliphatic rings. The molecule has 0 unspecified atom stereocenters. The molecule has 0 bridgehead atoms. The molecule has 0 aliphatic carbocycles. The van der Waals surface area contributed by atoms with Crippen LogP contribution in [0.4, 0.5) is 17.3 Å². The minimum Gasteiger partial charge on any atom is -0.505 e. The van der Waals surface area contributed by atoms with Gasteiger partial charge in [0.2, 0.25) is 0 Å². The second-order valence-electron chi connectivity index (χ2n) is 7.77. The number of aromatic hydroxyl groups is 1. The van der Waals surface area contributed by atoms with Crippen molar-refractivity contribution in [3.05, 3.63) is 90.0 Å². The molecule has 3 aromatic carbocycles. The zero-order valence-electron chi connectivity index (χ0n) is 19.1. The maximum atomic E-state index is 13.1. The van der Waals surface area contributed by atoms with Crippen molar-refractivity contribution in [1.29, 1.82) is 0 Å². The van der Waals surface area contributed by atoms with Gasteiger partial charge in [-0.1, -0.05) is 36.4 Å². The summed E-state index contributed by atoms with van der Waals surface area (Å²) in [6, 6.07) is 17.2. The van der Waals surface area contributed by atoms with Crippen LogP contribution < -0.4 is 5.32 Å². The average molecular weight is 480 g/mol. The van der Waals surface area contributed by atoms with E-state index in [1.807, 2.05) is 12.1 Å². The summed E-state index contributed by atoms with van der Waals surface area (Å²) in [6.45, 7) is 1.60. The Hall–Kier alpha value is -5.03. The predicted molar refractivity (Wildman–Crippen MR) is 132 cm³/mol. The largest absolute Gasteiger partial charge is 0.505 e. The van der Waals surface area contributed by atoms with E-state index in [4.69, 9.17) is 0 Å². The second kappa shape index (κ2) is 9.68. The second-order valence-corrected chi connectivity index (χ2v) is 7.77. The standard InChI is InChI=1S/C25H20N8O3/c1-15-28-25(33(32-15)24-26-11-4-12-27-24)31-30-21-19-6-3-2-5-17(19)13-20(22(21)35)23(36)29-18-9-7-16(14-34)8-10-18/h2-13,34-35H,14H2,1H3,(H,29,36)/b31-30+. The third-order valence-corrected chi connectivity index (χ3v) is 5.31. The lowest BCUT2D eigenvalue weighted by molar-refractivity contribution is 0.102. The molecule has 1 amide bonds.